The first-order valence-electron chi connectivity index (χ1n) is 13.7. The number of benzene rings is 3. The highest BCUT2D eigenvalue weighted by Crippen LogP contribution is 2.40. The second kappa shape index (κ2) is 10.8. The van der Waals surface area contributed by atoms with Crippen LogP contribution in [0.15, 0.2) is 76.8 Å². The predicted octanol–water partition coefficient (Wildman–Crippen LogP) is 6.01. The Morgan fingerprint density at radius 2 is 1.73 bits per heavy atom. The highest BCUT2D eigenvalue weighted by molar-refractivity contribution is 6.13. The molecular weight excluding hydrogens is 514 g/mol. The second-order valence-corrected chi connectivity index (χ2v) is 10.4. The average molecular weight is 544 g/mol. The molecule has 1 fully saturated rings. The van der Waals surface area contributed by atoms with Crippen molar-refractivity contribution in [2.75, 3.05) is 28.6 Å². The number of hydrogen-bond acceptors (Lipinski definition) is 6. The molecule has 0 aliphatic carbocycles. The minimum absolute atomic E-state index is 0.0985. The Kier molecular flexibility index (Phi) is 6.86. The predicted molar refractivity (Wildman–Crippen MR) is 158 cm³/mol. The van der Waals surface area contributed by atoms with E-state index >= 15 is 0 Å². The number of nitrogens with zero attached hydrogens (tertiary/aromatic N) is 3. The van der Waals surface area contributed by atoms with E-state index < -0.39 is 0 Å². The number of hydrogen-bond donors (Lipinski definition) is 2. The van der Waals surface area contributed by atoms with Gasteiger partial charge in [-0.1, -0.05) is 47.1 Å². The zero-order valence-electron chi connectivity index (χ0n) is 23.0. The summed E-state index contributed by atoms with van der Waals surface area (Å²) in [7, 11) is 0. The van der Waals surface area contributed by atoms with Gasteiger partial charge in [0.05, 0.1) is 23.4 Å². The van der Waals surface area contributed by atoms with Crippen molar-refractivity contribution in [3.8, 4) is 6.07 Å². The lowest BCUT2D eigenvalue weighted by Gasteiger charge is -2.32. The number of anilines is 3. The number of fused-ring (bicyclic) bond motifs is 2. The van der Waals surface area contributed by atoms with Gasteiger partial charge in [0.1, 0.15) is 11.8 Å². The maximum atomic E-state index is 13.0. The molecule has 1 aromatic heterocycles. The molecule has 0 atom stereocenters. The van der Waals surface area contributed by atoms with Crippen molar-refractivity contribution < 1.29 is 14.1 Å². The zero-order chi connectivity index (χ0) is 28.5. The van der Waals surface area contributed by atoms with Crippen LogP contribution in [0.4, 0.5) is 17.1 Å². The minimum atomic E-state index is -0.192. The van der Waals surface area contributed by atoms with Gasteiger partial charge in [-0.15, -0.1) is 0 Å². The van der Waals surface area contributed by atoms with E-state index in [0.717, 1.165) is 59.6 Å². The second-order valence-electron chi connectivity index (χ2n) is 10.4. The first-order valence-corrected chi connectivity index (χ1v) is 13.7. The van der Waals surface area contributed by atoms with Crippen molar-refractivity contribution in [3.63, 3.8) is 0 Å². The average Bonchev–Trinajstić information content (AvgIpc) is 3.23. The van der Waals surface area contributed by atoms with E-state index in [2.05, 4.69) is 32.8 Å². The van der Waals surface area contributed by atoms with Crippen LogP contribution in [0.25, 0.3) is 5.57 Å². The van der Waals surface area contributed by atoms with Gasteiger partial charge in [0.25, 0.3) is 5.91 Å². The Morgan fingerprint density at radius 1 is 1.02 bits per heavy atom. The number of nitrogens with one attached hydrogen (secondary N) is 2. The number of para-hydroxylation sites is 1. The van der Waals surface area contributed by atoms with E-state index in [-0.39, 0.29) is 18.2 Å². The van der Waals surface area contributed by atoms with Crippen molar-refractivity contribution in [1.29, 1.82) is 5.26 Å². The lowest BCUT2D eigenvalue weighted by molar-refractivity contribution is -0.115. The van der Waals surface area contributed by atoms with Crippen LogP contribution in [0.2, 0.25) is 0 Å². The van der Waals surface area contributed by atoms with Gasteiger partial charge in [0, 0.05) is 41.2 Å². The molecule has 2 aliphatic rings. The fraction of sp³-hybridized carbons (Fsp3) is 0.212. The topological polar surface area (TPSA) is 111 Å². The van der Waals surface area contributed by atoms with E-state index in [1.165, 1.54) is 5.57 Å². The lowest BCUT2D eigenvalue weighted by Crippen LogP contribution is -2.31. The number of carbonyl (C=O) groups excluding carboxylic acids is 2. The molecule has 0 spiro atoms. The Hall–Kier alpha value is -5.16. The Bertz CT molecular complexity index is 1730. The molecule has 204 valence electrons. The number of nitriles is 1. The summed E-state index contributed by atoms with van der Waals surface area (Å²) < 4.78 is 5.16. The van der Waals surface area contributed by atoms with Crippen LogP contribution in [0.3, 0.4) is 0 Å². The normalized spacial score (nSPS) is 14.5. The minimum Gasteiger partial charge on any atom is -0.370 e. The first-order chi connectivity index (χ1) is 19.9. The summed E-state index contributed by atoms with van der Waals surface area (Å²) in [5.41, 5.74) is 9.29. The highest BCUT2D eigenvalue weighted by Gasteiger charge is 2.27. The molecule has 0 saturated carbocycles. The summed E-state index contributed by atoms with van der Waals surface area (Å²) in [6.07, 6.45) is 1.75. The summed E-state index contributed by atoms with van der Waals surface area (Å²) in [6.45, 7) is 5.06. The summed E-state index contributed by atoms with van der Waals surface area (Å²) in [4.78, 5) is 27.9. The Labute approximate surface area is 238 Å². The Morgan fingerprint density at radius 3 is 2.44 bits per heavy atom. The molecule has 2 amide bonds. The number of rotatable bonds is 4. The third-order valence-corrected chi connectivity index (χ3v) is 7.87. The van der Waals surface area contributed by atoms with E-state index in [1.807, 2.05) is 61.5 Å². The van der Waals surface area contributed by atoms with Crippen LogP contribution >= 0.6 is 0 Å². The van der Waals surface area contributed by atoms with Crippen LogP contribution in [-0.4, -0.2) is 30.1 Å². The van der Waals surface area contributed by atoms with Crippen LogP contribution in [0, 0.1) is 25.2 Å². The standard InChI is InChI=1S/C33H29N5O3/c1-20-28(21(2)41-37-20)18-31(39)35-24-11-12-30(23(17-24)19-34)38-15-13-22(14-16-38)32-25-7-3-4-8-26(25)33(40)36-29-10-6-5-9-27(29)32/h3-12,17H,13-16,18H2,1-2H3,(H,35,39)(H,36,40). The number of aromatic nitrogens is 1. The van der Waals surface area contributed by atoms with Gasteiger partial charge >= 0.3 is 0 Å². The number of carbonyl (C=O) groups is 2. The molecule has 4 aromatic rings. The van der Waals surface area contributed by atoms with Gasteiger partial charge in [0.15, 0.2) is 0 Å². The van der Waals surface area contributed by atoms with Crippen LogP contribution in [0.1, 0.15) is 56.9 Å². The molecule has 8 heteroatoms. The van der Waals surface area contributed by atoms with Crippen molar-refractivity contribution in [1.82, 2.24) is 5.16 Å². The lowest BCUT2D eigenvalue weighted by atomic mass is 9.86. The SMILES string of the molecule is Cc1noc(C)c1CC(=O)Nc1ccc(N2CCC(=C3c4ccccc4NC(=O)c4ccccc43)CC2)c(C#N)c1. The van der Waals surface area contributed by atoms with Crippen molar-refractivity contribution in [3.05, 3.63) is 112 Å². The zero-order valence-corrected chi connectivity index (χ0v) is 23.0. The molecule has 2 N–H and O–H groups in total. The number of piperidine rings is 1. The third-order valence-electron chi connectivity index (χ3n) is 7.87. The van der Waals surface area contributed by atoms with Gasteiger partial charge in [-0.05, 0) is 68.2 Å². The van der Waals surface area contributed by atoms with Gasteiger partial charge in [-0.25, -0.2) is 0 Å². The number of aryl methyl sites for hydroxylation is 2. The fourth-order valence-corrected chi connectivity index (χ4v) is 5.79. The smallest absolute Gasteiger partial charge is 0.256 e. The molecule has 6 rings (SSSR count). The van der Waals surface area contributed by atoms with Crippen LogP contribution in [-0.2, 0) is 11.2 Å². The van der Waals surface area contributed by atoms with Crippen molar-refractivity contribution in [2.45, 2.75) is 33.1 Å². The van der Waals surface area contributed by atoms with Gasteiger partial charge < -0.3 is 20.1 Å². The van der Waals surface area contributed by atoms with Crippen molar-refractivity contribution >= 4 is 34.4 Å². The number of amides is 2. The summed E-state index contributed by atoms with van der Waals surface area (Å²) in [6, 6.07) is 23.5. The maximum Gasteiger partial charge on any atom is 0.256 e. The van der Waals surface area contributed by atoms with Gasteiger partial charge in [0.2, 0.25) is 5.91 Å². The fourth-order valence-electron chi connectivity index (χ4n) is 5.79. The Balaban J connectivity index is 1.24. The molecule has 8 nitrogen and oxygen atoms in total. The third kappa shape index (κ3) is 4.98. The van der Waals surface area contributed by atoms with Gasteiger partial charge in [-0.2, -0.15) is 5.26 Å². The molecule has 3 aromatic carbocycles. The molecule has 0 radical (unpaired) electrons. The van der Waals surface area contributed by atoms with E-state index in [1.54, 1.807) is 13.0 Å². The largest absolute Gasteiger partial charge is 0.370 e. The van der Waals surface area contributed by atoms with E-state index in [9.17, 15) is 14.9 Å². The first kappa shape index (κ1) is 26.1. The molecular formula is C33H29N5O3. The molecule has 0 bridgehead atoms. The maximum absolute atomic E-state index is 13.0. The molecule has 0 unspecified atom stereocenters. The van der Waals surface area contributed by atoms with Crippen LogP contribution in [0.5, 0.6) is 0 Å². The highest BCUT2D eigenvalue weighted by atomic mass is 16.5. The molecule has 1 saturated heterocycles. The van der Waals surface area contributed by atoms with E-state index in [0.29, 0.717) is 28.3 Å². The molecule has 2 aliphatic heterocycles. The van der Waals surface area contributed by atoms with Crippen molar-refractivity contribution in [2.24, 2.45) is 0 Å². The van der Waals surface area contributed by atoms with Crippen LogP contribution < -0.4 is 15.5 Å². The quantitative estimate of drug-likeness (QED) is 0.326. The summed E-state index contributed by atoms with van der Waals surface area (Å²) in [5, 5.41) is 19.8. The molecule has 3 heterocycles. The summed E-state index contributed by atoms with van der Waals surface area (Å²) >= 11 is 0. The summed E-state index contributed by atoms with van der Waals surface area (Å²) in [5.74, 6) is 0.338. The molecule has 41 heavy (non-hydrogen) atoms. The monoisotopic (exact) mass is 543 g/mol. The van der Waals surface area contributed by atoms with E-state index in [4.69, 9.17) is 4.52 Å². The van der Waals surface area contributed by atoms with Gasteiger partial charge in [-0.3, -0.25) is 9.59 Å².